The fourth-order valence-corrected chi connectivity index (χ4v) is 9.27. The summed E-state index contributed by atoms with van der Waals surface area (Å²) < 4.78 is 0. The zero-order valence-corrected chi connectivity index (χ0v) is 27.9. The molecule has 0 saturated carbocycles. The van der Waals surface area contributed by atoms with Crippen molar-refractivity contribution in [2.24, 2.45) is 0 Å². The van der Waals surface area contributed by atoms with E-state index in [1.165, 1.54) is 99.1 Å². The van der Waals surface area contributed by atoms with Gasteiger partial charge in [0.1, 0.15) is 0 Å². The van der Waals surface area contributed by atoms with Gasteiger partial charge in [0.25, 0.3) is 0 Å². The van der Waals surface area contributed by atoms with Gasteiger partial charge in [-0.1, -0.05) is 155 Å². The van der Waals surface area contributed by atoms with Crippen LogP contribution >= 0.6 is 0 Å². The van der Waals surface area contributed by atoms with Crippen molar-refractivity contribution in [2.75, 3.05) is 0 Å². The molecule has 48 heavy (non-hydrogen) atoms. The van der Waals surface area contributed by atoms with E-state index in [0.717, 1.165) is 0 Å². The third kappa shape index (κ3) is 3.55. The summed E-state index contributed by atoms with van der Waals surface area (Å²) in [6, 6.07) is 55.0. The van der Waals surface area contributed by atoms with Crippen molar-refractivity contribution < 1.29 is 0 Å². The van der Waals surface area contributed by atoms with E-state index in [1.54, 1.807) is 0 Å². The van der Waals surface area contributed by atoms with Gasteiger partial charge in [-0.15, -0.1) is 0 Å². The lowest BCUT2D eigenvalue weighted by Crippen LogP contribution is -2.15. The van der Waals surface area contributed by atoms with Crippen LogP contribution in [0.3, 0.4) is 0 Å². The van der Waals surface area contributed by atoms with E-state index >= 15 is 0 Å². The fraction of sp³-hybridized carbons (Fsp3) is 0.125. The topological polar surface area (TPSA) is 0 Å². The second kappa shape index (κ2) is 9.55. The molecule has 8 aromatic carbocycles. The van der Waals surface area contributed by atoms with Crippen LogP contribution in [-0.4, -0.2) is 0 Å². The molecule has 8 aromatic rings. The molecule has 0 aliphatic heterocycles. The first-order valence-corrected chi connectivity index (χ1v) is 17.2. The van der Waals surface area contributed by atoms with Crippen molar-refractivity contribution >= 4 is 32.3 Å². The normalized spacial score (nSPS) is 15.0. The standard InChI is InChI=1S/C48H36/c1-47(2)40-22-12-11-16-32(40)33-25-24-31(28-42(33)47)44-34-17-7-9-19-36(34)45(37-20-10-8-18-35(37)44)38-21-13-23-41-46(38)39-26-29-14-5-6-15-30(29)27-43(39)48(41,3)4/h5-28H,1-4H3. The number of fused-ring (bicyclic) bond motifs is 9. The average Bonchev–Trinajstić information content (AvgIpc) is 3.48. The molecule has 0 aromatic heterocycles. The maximum atomic E-state index is 2.48. The van der Waals surface area contributed by atoms with Gasteiger partial charge in [0, 0.05) is 10.8 Å². The van der Waals surface area contributed by atoms with Gasteiger partial charge in [-0.2, -0.15) is 0 Å². The molecule has 0 fully saturated rings. The summed E-state index contributed by atoms with van der Waals surface area (Å²) in [6.07, 6.45) is 0. The van der Waals surface area contributed by atoms with E-state index in [1.807, 2.05) is 0 Å². The molecular weight excluding hydrogens is 577 g/mol. The Morgan fingerprint density at radius 3 is 1.52 bits per heavy atom. The molecular formula is C48H36. The first kappa shape index (κ1) is 27.6. The minimum atomic E-state index is -0.0922. The Bertz CT molecular complexity index is 2610. The second-order valence-electron chi connectivity index (χ2n) is 14.9. The van der Waals surface area contributed by atoms with Gasteiger partial charge >= 0.3 is 0 Å². The van der Waals surface area contributed by atoms with Crippen molar-refractivity contribution in [3.05, 3.63) is 168 Å². The largest absolute Gasteiger partial charge is 0.0619 e. The smallest absolute Gasteiger partial charge is 0.0159 e. The Labute approximate surface area is 282 Å². The van der Waals surface area contributed by atoms with E-state index in [-0.39, 0.29) is 10.8 Å². The Morgan fingerprint density at radius 1 is 0.312 bits per heavy atom. The Morgan fingerprint density at radius 2 is 0.812 bits per heavy atom. The molecule has 0 bridgehead atoms. The summed E-state index contributed by atoms with van der Waals surface area (Å²) in [5, 5.41) is 7.80. The van der Waals surface area contributed by atoms with Crippen LogP contribution in [0.2, 0.25) is 0 Å². The van der Waals surface area contributed by atoms with Crippen molar-refractivity contribution in [1.82, 2.24) is 0 Å². The lowest BCUT2D eigenvalue weighted by atomic mass is 9.79. The summed E-state index contributed by atoms with van der Waals surface area (Å²) in [7, 11) is 0. The number of hydrogen-bond acceptors (Lipinski definition) is 0. The third-order valence-corrected chi connectivity index (χ3v) is 11.6. The van der Waals surface area contributed by atoms with Crippen LogP contribution in [0.4, 0.5) is 0 Å². The Kier molecular flexibility index (Phi) is 5.50. The van der Waals surface area contributed by atoms with E-state index in [2.05, 4.69) is 173 Å². The molecule has 0 nitrogen and oxygen atoms in total. The van der Waals surface area contributed by atoms with Crippen molar-refractivity contribution in [1.29, 1.82) is 0 Å². The minimum Gasteiger partial charge on any atom is -0.0619 e. The molecule has 0 radical (unpaired) electrons. The first-order valence-electron chi connectivity index (χ1n) is 17.2. The molecule has 2 aliphatic carbocycles. The fourth-order valence-electron chi connectivity index (χ4n) is 9.27. The molecule has 0 atom stereocenters. The maximum Gasteiger partial charge on any atom is 0.0159 e. The van der Waals surface area contributed by atoms with Gasteiger partial charge < -0.3 is 0 Å². The predicted octanol–water partition coefficient (Wildman–Crippen LogP) is 13.1. The van der Waals surface area contributed by atoms with Crippen LogP contribution in [-0.2, 0) is 10.8 Å². The van der Waals surface area contributed by atoms with Crippen molar-refractivity contribution in [2.45, 2.75) is 38.5 Å². The molecule has 0 N–H and O–H groups in total. The number of hydrogen-bond donors (Lipinski definition) is 0. The van der Waals surface area contributed by atoms with E-state index < -0.39 is 0 Å². The Hall–Kier alpha value is -5.46. The molecule has 0 spiro atoms. The SMILES string of the molecule is CC1(C)c2ccccc2-c2ccc(-c3c4ccccc4c(-c4cccc5c4-c4cc6ccccc6cc4C5(C)C)c4ccccc34)cc21. The van der Waals surface area contributed by atoms with Gasteiger partial charge in [-0.3, -0.25) is 0 Å². The van der Waals surface area contributed by atoms with Gasteiger partial charge in [0.05, 0.1) is 0 Å². The maximum absolute atomic E-state index is 2.48. The second-order valence-corrected chi connectivity index (χ2v) is 14.9. The third-order valence-electron chi connectivity index (χ3n) is 11.6. The quantitative estimate of drug-likeness (QED) is 0.170. The van der Waals surface area contributed by atoms with Gasteiger partial charge in [0.2, 0.25) is 0 Å². The number of rotatable bonds is 2. The van der Waals surface area contributed by atoms with Crippen LogP contribution in [0, 0.1) is 0 Å². The molecule has 0 amide bonds. The molecule has 228 valence electrons. The highest BCUT2D eigenvalue weighted by molar-refractivity contribution is 6.23. The number of benzene rings is 8. The van der Waals surface area contributed by atoms with Crippen molar-refractivity contribution in [3.8, 4) is 44.5 Å². The summed E-state index contributed by atoms with van der Waals surface area (Å²) in [6.45, 7) is 9.53. The van der Waals surface area contributed by atoms with Crippen molar-refractivity contribution in [3.63, 3.8) is 0 Å². The highest BCUT2D eigenvalue weighted by Crippen LogP contribution is 2.56. The summed E-state index contributed by atoms with van der Waals surface area (Å²) in [4.78, 5) is 0. The molecule has 0 heterocycles. The molecule has 2 aliphatic rings. The zero-order chi connectivity index (χ0) is 32.4. The first-order chi connectivity index (χ1) is 23.3. The van der Waals surface area contributed by atoms with Gasteiger partial charge in [-0.05, 0) is 117 Å². The monoisotopic (exact) mass is 612 g/mol. The highest BCUT2D eigenvalue weighted by atomic mass is 14.4. The summed E-state index contributed by atoms with van der Waals surface area (Å²) in [5.41, 5.74) is 16.2. The van der Waals surface area contributed by atoms with Crippen LogP contribution < -0.4 is 0 Å². The summed E-state index contributed by atoms with van der Waals surface area (Å²) in [5.74, 6) is 0. The molecule has 0 saturated heterocycles. The predicted molar refractivity (Wildman–Crippen MR) is 205 cm³/mol. The van der Waals surface area contributed by atoms with E-state index in [9.17, 15) is 0 Å². The van der Waals surface area contributed by atoms with E-state index in [4.69, 9.17) is 0 Å². The van der Waals surface area contributed by atoms with Crippen LogP contribution in [0.1, 0.15) is 49.9 Å². The van der Waals surface area contributed by atoms with Crippen LogP contribution in [0.5, 0.6) is 0 Å². The lowest BCUT2D eigenvalue weighted by molar-refractivity contribution is 0.660. The minimum absolute atomic E-state index is 0.0531. The molecule has 0 unspecified atom stereocenters. The molecule has 0 heteroatoms. The lowest BCUT2D eigenvalue weighted by Gasteiger charge is -2.24. The van der Waals surface area contributed by atoms with Gasteiger partial charge in [0.15, 0.2) is 0 Å². The van der Waals surface area contributed by atoms with Crippen LogP contribution in [0.25, 0.3) is 76.8 Å². The highest BCUT2D eigenvalue weighted by Gasteiger charge is 2.38. The van der Waals surface area contributed by atoms with Gasteiger partial charge in [-0.25, -0.2) is 0 Å². The molecule has 10 rings (SSSR count). The zero-order valence-electron chi connectivity index (χ0n) is 27.9. The average molecular weight is 613 g/mol. The van der Waals surface area contributed by atoms with E-state index in [0.29, 0.717) is 0 Å². The Balaban J connectivity index is 1.28. The van der Waals surface area contributed by atoms with Crippen LogP contribution in [0.15, 0.2) is 146 Å². The summed E-state index contributed by atoms with van der Waals surface area (Å²) >= 11 is 0.